The van der Waals surface area contributed by atoms with E-state index in [9.17, 15) is 44.6 Å². The van der Waals surface area contributed by atoms with Crippen LogP contribution < -0.4 is 9.47 Å². The van der Waals surface area contributed by atoms with Gasteiger partial charge in [-0.05, 0) is 30.5 Å². The summed E-state index contributed by atoms with van der Waals surface area (Å²) in [6, 6.07) is 1.31. The Morgan fingerprint density at radius 2 is 1.37 bits per heavy atom. The lowest BCUT2D eigenvalue weighted by Crippen LogP contribution is -2.26. The van der Waals surface area contributed by atoms with E-state index in [0.717, 1.165) is 25.0 Å². The van der Waals surface area contributed by atoms with Crippen LogP contribution in [0.4, 0.5) is 43.9 Å². The number of rotatable bonds is 10. The average Bonchev–Trinajstić information content (AvgIpc) is 2.77. The van der Waals surface area contributed by atoms with Gasteiger partial charge in [-0.2, -0.15) is 17.6 Å². The molecule has 3 rings (SSSR count). The first-order valence-electron chi connectivity index (χ1n) is 10.9. The fraction of sp³-hybridized carbons (Fsp3) is 0.280. The first-order valence-corrected chi connectivity index (χ1v) is 10.9. The molecular weight excluding hydrogens is 538 g/mol. The molecule has 3 nitrogen and oxygen atoms in total. The summed E-state index contributed by atoms with van der Waals surface area (Å²) in [5, 5.41) is 12.2. The SMILES string of the molecule is CCCCCc1cc(F)c(-c2c([O])cc(F)c(C(F)(F)Oc3cc(F)c(OC(F)F)c(F)c3)c2F)c(F)c1. The Kier molecular flexibility index (Phi) is 8.68. The van der Waals surface area contributed by atoms with E-state index in [1.54, 1.807) is 0 Å². The molecule has 0 saturated carbocycles. The predicted octanol–water partition coefficient (Wildman–Crippen LogP) is 8.79. The zero-order valence-corrected chi connectivity index (χ0v) is 19.3. The van der Waals surface area contributed by atoms with E-state index in [0.29, 0.717) is 6.42 Å². The van der Waals surface area contributed by atoms with E-state index in [1.807, 2.05) is 6.92 Å². The van der Waals surface area contributed by atoms with Crippen LogP contribution in [0.15, 0.2) is 30.3 Å². The van der Waals surface area contributed by atoms with Crippen molar-refractivity contribution in [3.05, 3.63) is 76.4 Å². The minimum absolute atomic E-state index is 0.0377. The molecule has 38 heavy (non-hydrogen) atoms. The van der Waals surface area contributed by atoms with Crippen LogP contribution in [0.25, 0.3) is 11.1 Å². The fourth-order valence-corrected chi connectivity index (χ4v) is 3.68. The van der Waals surface area contributed by atoms with Crippen molar-refractivity contribution < 1.29 is 58.5 Å². The summed E-state index contributed by atoms with van der Waals surface area (Å²) in [5.74, 6) is -16.1. The van der Waals surface area contributed by atoms with E-state index < -0.39 is 81.6 Å². The molecular formula is C25H17F10O3. The highest BCUT2D eigenvalue weighted by atomic mass is 19.3. The monoisotopic (exact) mass is 555 g/mol. The maximum Gasteiger partial charge on any atom is 0.432 e. The summed E-state index contributed by atoms with van der Waals surface area (Å²) < 4.78 is 148. The van der Waals surface area contributed by atoms with Gasteiger partial charge in [0.25, 0.3) is 0 Å². The molecule has 1 radical (unpaired) electrons. The van der Waals surface area contributed by atoms with Crippen LogP contribution in [0.2, 0.25) is 0 Å². The molecule has 205 valence electrons. The Bertz CT molecular complexity index is 1280. The largest absolute Gasteiger partial charge is 0.432 e. The van der Waals surface area contributed by atoms with Crippen LogP contribution in [0.1, 0.15) is 37.3 Å². The fourth-order valence-electron chi connectivity index (χ4n) is 3.68. The van der Waals surface area contributed by atoms with E-state index in [1.165, 1.54) is 0 Å². The highest BCUT2D eigenvalue weighted by Crippen LogP contribution is 2.44. The lowest BCUT2D eigenvalue weighted by molar-refractivity contribution is -0.189. The van der Waals surface area contributed by atoms with Gasteiger partial charge in [0, 0.05) is 18.2 Å². The zero-order chi connectivity index (χ0) is 28.4. The van der Waals surface area contributed by atoms with Crippen LogP contribution in [-0.2, 0) is 17.6 Å². The lowest BCUT2D eigenvalue weighted by atomic mass is 9.96. The quantitative estimate of drug-likeness (QED) is 0.185. The second kappa shape index (κ2) is 11.4. The average molecular weight is 555 g/mol. The standard InChI is InChI=1S/C25H17F10O3/c1-2-3-4-5-11-6-13(26)19(14(27)7-11)20-18(36)10-15(28)21(22(20)31)25(34,35)38-12-8-16(29)23(17(30)9-12)37-24(32)33/h6-10,24H,2-5H2,1H3. The third-order valence-corrected chi connectivity index (χ3v) is 5.32. The summed E-state index contributed by atoms with van der Waals surface area (Å²) in [6.07, 6.45) is -2.81. The Balaban J connectivity index is 2.06. The Hall–Kier alpha value is -3.64. The smallest absolute Gasteiger partial charge is 0.429 e. The summed E-state index contributed by atoms with van der Waals surface area (Å²) in [4.78, 5) is 0. The number of aryl methyl sites for hydroxylation is 1. The number of alkyl halides is 4. The van der Waals surface area contributed by atoms with Crippen molar-refractivity contribution in [3.63, 3.8) is 0 Å². The normalized spacial score (nSPS) is 11.8. The first-order chi connectivity index (χ1) is 17.8. The molecule has 0 spiro atoms. The molecule has 0 aliphatic rings. The van der Waals surface area contributed by atoms with Gasteiger partial charge in [-0.3, -0.25) is 5.11 Å². The van der Waals surface area contributed by atoms with Crippen molar-refractivity contribution in [2.24, 2.45) is 0 Å². The third kappa shape index (κ3) is 6.08. The Labute approximate surface area is 209 Å². The van der Waals surface area contributed by atoms with Crippen LogP contribution in [0, 0.1) is 34.9 Å². The van der Waals surface area contributed by atoms with Crippen LogP contribution in [0.3, 0.4) is 0 Å². The number of hydrogen-bond donors (Lipinski definition) is 0. The summed E-state index contributed by atoms with van der Waals surface area (Å²) in [7, 11) is 0. The molecule has 0 amide bonds. The summed E-state index contributed by atoms with van der Waals surface area (Å²) >= 11 is 0. The Morgan fingerprint density at radius 1 is 0.789 bits per heavy atom. The van der Waals surface area contributed by atoms with Crippen molar-refractivity contribution in [3.8, 4) is 28.4 Å². The maximum atomic E-state index is 15.2. The molecule has 0 aliphatic heterocycles. The number of unbranched alkanes of at least 4 members (excludes halogenated alkanes) is 2. The molecule has 0 aliphatic carbocycles. The van der Waals surface area contributed by atoms with E-state index in [2.05, 4.69) is 9.47 Å². The topological polar surface area (TPSA) is 38.4 Å². The van der Waals surface area contributed by atoms with Gasteiger partial charge >= 0.3 is 12.7 Å². The molecule has 0 heterocycles. The van der Waals surface area contributed by atoms with E-state index in [4.69, 9.17) is 0 Å². The van der Waals surface area contributed by atoms with Crippen molar-refractivity contribution in [2.45, 2.75) is 45.3 Å². The third-order valence-electron chi connectivity index (χ3n) is 5.32. The number of benzene rings is 3. The van der Waals surface area contributed by atoms with Gasteiger partial charge in [-0.25, -0.2) is 26.3 Å². The minimum atomic E-state index is -5.12. The number of halogens is 10. The zero-order valence-electron chi connectivity index (χ0n) is 19.3. The van der Waals surface area contributed by atoms with Crippen molar-refractivity contribution in [2.75, 3.05) is 0 Å². The second-order valence-corrected chi connectivity index (χ2v) is 8.03. The molecule has 0 bridgehead atoms. The molecule has 3 aromatic carbocycles. The molecule has 13 heteroatoms. The lowest BCUT2D eigenvalue weighted by Gasteiger charge is -2.21. The number of ether oxygens (including phenoxy) is 2. The summed E-state index contributed by atoms with van der Waals surface area (Å²) in [6.45, 7) is -1.79. The maximum absolute atomic E-state index is 15.2. The van der Waals surface area contributed by atoms with Crippen LogP contribution in [-0.4, -0.2) is 6.61 Å². The van der Waals surface area contributed by atoms with Crippen molar-refractivity contribution in [1.29, 1.82) is 0 Å². The van der Waals surface area contributed by atoms with Crippen LogP contribution in [0.5, 0.6) is 17.2 Å². The van der Waals surface area contributed by atoms with Gasteiger partial charge in [0.15, 0.2) is 29.0 Å². The van der Waals surface area contributed by atoms with Gasteiger partial charge in [-0.1, -0.05) is 19.8 Å². The molecule has 3 aromatic rings. The molecule has 0 saturated heterocycles. The molecule has 0 N–H and O–H groups in total. The highest BCUT2D eigenvalue weighted by molar-refractivity contribution is 5.73. The number of hydrogen-bond acceptors (Lipinski definition) is 2. The van der Waals surface area contributed by atoms with E-state index >= 15 is 4.39 Å². The van der Waals surface area contributed by atoms with Gasteiger partial charge in [0.1, 0.15) is 28.8 Å². The van der Waals surface area contributed by atoms with Crippen molar-refractivity contribution >= 4 is 0 Å². The Morgan fingerprint density at radius 3 is 1.89 bits per heavy atom. The van der Waals surface area contributed by atoms with Gasteiger partial charge < -0.3 is 9.47 Å². The van der Waals surface area contributed by atoms with E-state index in [-0.39, 0.29) is 30.2 Å². The predicted molar refractivity (Wildman–Crippen MR) is 113 cm³/mol. The summed E-state index contributed by atoms with van der Waals surface area (Å²) in [5.41, 5.74) is -5.07. The van der Waals surface area contributed by atoms with Gasteiger partial charge in [0.2, 0.25) is 0 Å². The first kappa shape index (κ1) is 28.9. The molecule has 0 aromatic heterocycles. The van der Waals surface area contributed by atoms with Gasteiger partial charge in [-0.15, -0.1) is 0 Å². The molecule has 0 atom stereocenters. The molecule has 0 unspecified atom stereocenters. The van der Waals surface area contributed by atoms with Crippen molar-refractivity contribution in [1.82, 2.24) is 0 Å². The second-order valence-electron chi connectivity index (χ2n) is 8.03. The molecule has 0 fully saturated rings. The van der Waals surface area contributed by atoms with Crippen LogP contribution >= 0.6 is 0 Å². The van der Waals surface area contributed by atoms with Gasteiger partial charge in [0.05, 0.1) is 11.1 Å². The minimum Gasteiger partial charge on any atom is -0.429 e. The highest BCUT2D eigenvalue weighted by Gasteiger charge is 2.44.